The number of carbonyl (C=O) groups excluding carboxylic acids is 1. The Hall–Kier alpha value is -0.830. The molecule has 0 aromatic carbocycles. The lowest BCUT2D eigenvalue weighted by Crippen LogP contribution is -2.40. The topological polar surface area (TPSA) is 29.5 Å². The van der Waals surface area contributed by atoms with Crippen LogP contribution in [0.25, 0.3) is 0 Å². The Morgan fingerprint density at radius 3 is 3.00 bits per heavy atom. The summed E-state index contributed by atoms with van der Waals surface area (Å²) in [7, 11) is 2.18. The van der Waals surface area contributed by atoms with Gasteiger partial charge >= 0.3 is 5.97 Å². The molecule has 0 aromatic rings. The molecule has 0 bridgehead atoms. The molecule has 0 radical (unpaired) electrons. The predicted octanol–water partition coefficient (Wildman–Crippen LogP) is 2.12. The van der Waals surface area contributed by atoms with Crippen LogP contribution in [0.4, 0.5) is 0 Å². The Morgan fingerprint density at radius 2 is 2.31 bits per heavy atom. The predicted molar refractivity (Wildman–Crippen MR) is 63.1 cm³/mol. The molecule has 0 aromatic heterocycles. The highest BCUT2D eigenvalue weighted by molar-refractivity contribution is 5.83. The van der Waals surface area contributed by atoms with Crippen molar-refractivity contribution in [1.82, 2.24) is 4.90 Å². The molecule has 1 saturated heterocycles. The number of hydrogen-bond donors (Lipinski definition) is 0. The molecule has 2 atom stereocenters. The van der Waals surface area contributed by atoms with E-state index in [1.165, 1.54) is 25.8 Å². The maximum atomic E-state index is 11.3. The van der Waals surface area contributed by atoms with Crippen molar-refractivity contribution in [3.8, 4) is 0 Å². The number of carbonyl (C=O) groups is 1. The average molecular weight is 223 g/mol. The van der Waals surface area contributed by atoms with Crippen LogP contribution in [0.3, 0.4) is 0 Å². The summed E-state index contributed by atoms with van der Waals surface area (Å²) in [6.07, 6.45) is 7.47. The molecule has 90 valence electrons. The summed E-state index contributed by atoms with van der Waals surface area (Å²) >= 11 is 0. The van der Waals surface area contributed by atoms with Gasteiger partial charge in [-0.15, -0.1) is 0 Å². The highest BCUT2D eigenvalue weighted by Crippen LogP contribution is 2.25. The van der Waals surface area contributed by atoms with E-state index in [2.05, 4.69) is 11.9 Å². The minimum atomic E-state index is -0.160. The third-order valence-electron chi connectivity index (χ3n) is 3.65. The first-order chi connectivity index (χ1) is 7.65. The van der Waals surface area contributed by atoms with Gasteiger partial charge in [0.25, 0.3) is 0 Å². The van der Waals surface area contributed by atoms with E-state index < -0.39 is 0 Å². The minimum Gasteiger partial charge on any atom is -0.459 e. The van der Waals surface area contributed by atoms with Crippen LogP contribution in [0, 0.1) is 0 Å². The molecule has 0 spiro atoms. The van der Waals surface area contributed by atoms with Crippen molar-refractivity contribution in [2.75, 3.05) is 13.6 Å². The van der Waals surface area contributed by atoms with Crippen molar-refractivity contribution < 1.29 is 9.53 Å². The first-order valence-corrected chi connectivity index (χ1v) is 6.23. The van der Waals surface area contributed by atoms with E-state index in [-0.39, 0.29) is 12.1 Å². The van der Waals surface area contributed by atoms with Crippen molar-refractivity contribution >= 4 is 5.97 Å². The van der Waals surface area contributed by atoms with Gasteiger partial charge in [0, 0.05) is 25.0 Å². The van der Waals surface area contributed by atoms with Gasteiger partial charge in [-0.25, -0.2) is 4.79 Å². The maximum Gasteiger partial charge on any atom is 0.330 e. The molecule has 1 fully saturated rings. The van der Waals surface area contributed by atoms with Crippen molar-refractivity contribution in [2.24, 2.45) is 0 Å². The fraction of sp³-hybridized carbons (Fsp3) is 0.769. The lowest BCUT2D eigenvalue weighted by molar-refractivity contribution is -0.145. The van der Waals surface area contributed by atoms with Gasteiger partial charge in [-0.05, 0) is 33.4 Å². The summed E-state index contributed by atoms with van der Waals surface area (Å²) in [5.41, 5.74) is 1.15. The summed E-state index contributed by atoms with van der Waals surface area (Å²) in [4.78, 5) is 13.7. The van der Waals surface area contributed by atoms with E-state index >= 15 is 0 Å². The molecule has 0 saturated carbocycles. The van der Waals surface area contributed by atoms with Gasteiger partial charge in [0.1, 0.15) is 6.10 Å². The van der Waals surface area contributed by atoms with E-state index in [9.17, 15) is 4.79 Å². The first-order valence-electron chi connectivity index (χ1n) is 6.23. The molecule has 2 rings (SSSR count). The molecule has 3 heteroatoms. The van der Waals surface area contributed by atoms with Gasteiger partial charge < -0.3 is 9.64 Å². The molecule has 2 heterocycles. The summed E-state index contributed by atoms with van der Waals surface area (Å²) in [5, 5.41) is 0. The Labute approximate surface area is 97.5 Å². The Bertz CT molecular complexity index is 298. The molecule has 0 unspecified atom stereocenters. The molecular formula is C13H21NO2. The zero-order valence-electron chi connectivity index (χ0n) is 10.2. The molecule has 0 N–H and O–H groups in total. The Morgan fingerprint density at radius 1 is 1.50 bits per heavy atom. The number of rotatable bonds is 2. The van der Waals surface area contributed by atoms with Gasteiger partial charge in [-0.2, -0.15) is 0 Å². The van der Waals surface area contributed by atoms with Crippen molar-refractivity contribution in [2.45, 2.75) is 51.2 Å². The second-order valence-electron chi connectivity index (χ2n) is 5.12. The number of esters is 1. The highest BCUT2D eigenvalue weighted by atomic mass is 16.5. The fourth-order valence-electron chi connectivity index (χ4n) is 2.74. The second kappa shape index (κ2) is 5.00. The number of hydrogen-bond acceptors (Lipinski definition) is 3. The van der Waals surface area contributed by atoms with Crippen molar-refractivity contribution in [1.29, 1.82) is 0 Å². The molecule has 2 aliphatic rings. The summed E-state index contributed by atoms with van der Waals surface area (Å²) < 4.78 is 5.37. The van der Waals surface area contributed by atoms with Crippen molar-refractivity contribution in [3.63, 3.8) is 0 Å². The van der Waals surface area contributed by atoms with E-state index in [1.807, 2.05) is 6.92 Å². The van der Waals surface area contributed by atoms with Gasteiger partial charge in [0.05, 0.1) is 0 Å². The normalized spacial score (nSPS) is 32.1. The first kappa shape index (κ1) is 11.6. The standard InChI is InChI=1S/C13H21NO2/c1-10-7-12(16-13(15)8-10)9-11-5-3-4-6-14(11)2/h8,11-12H,3-7,9H2,1-2H3/t11-,12+/m0/s1. The van der Waals surface area contributed by atoms with E-state index in [0.717, 1.165) is 18.4 Å². The molecule has 0 amide bonds. The van der Waals surface area contributed by atoms with Crippen LogP contribution in [0.15, 0.2) is 11.6 Å². The summed E-state index contributed by atoms with van der Waals surface area (Å²) in [5.74, 6) is -0.160. The number of piperidine rings is 1. The summed E-state index contributed by atoms with van der Waals surface area (Å²) in [6.45, 7) is 3.19. The SMILES string of the molecule is CC1=CC(=O)O[C@@H](C[C@@H]2CCCCN2C)C1. The third-order valence-corrected chi connectivity index (χ3v) is 3.65. The van der Waals surface area contributed by atoms with Gasteiger partial charge in [-0.3, -0.25) is 0 Å². The minimum absolute atomic E-state index is 0.100. The average Bonchev–Trinajstić information content (AvgIpc) is 2.20. The molecule has 0 aliphatic carbocycles. The second-order valence-corrected chi connectivity index (χ2v) is 5.12. The van der Waals surface area contributed by atoms with E-state index in [4.69, 9.17) is 4.74 Å². The Balaban J connectivity index is 1.89. The highest BCUT2D eigenvalue weighted by Gasteiger charge is 2.26. The monoisotopic (exact) mass is 223 g/mol. The number of ether oxygens (including phenoxy) is 1. The zero-order valence-corrected chi connectivity index (χ0v) is 10.2. The van der Waals surface area contributed by atoms with Crippen LogP contribution in [-0.4, -0.2) is 36.6 Å². The summed E-state index contributed by atoms with van der Waals surface area (Å²) in [6, 6.07) is 0.595. The van der Waals surface area contributed by atoms with Gasteiger partial charge in [-0.1, -0.05) is 12.0 Å². The number of cyclic esters (lactones) is 1. The third kappa shape index (κ3) is 2.85. The molecular weight excluding hydrogens is 202 g/mol. The Kier molecular flexibility index (Phi) is 3.64. The van der Waals surface area contributed by atoms with Gasteiger partial charge in [0.2, 0.25) is 0 Å². The van der Waals surface area contributed by atoms with Crippen LogP contribution in [0.5, 0.6) is 0 Å². The van der Waals surface area contributed by atoms with Crippen LogP contribution in [0.2, 0.25) is 0 Å². The number of nitrogens with zero attached hydrogens (tertiary/aromatic N) is 1. The molecule has 16 heavy (non-hydrogen) atoms. The van der Waals surface area contributed by atoms with E-state index in [1.54, 1.807) is 6.08 Å². The molecule has 2 aliphatic heterocycles. The van der Waals surface area contributed by atoms with Crippen LogP contribution in [-0.2, 0) is 9.53 Å². The van der Waals surface area contributed by atoms with Crippen LogP contribution < -0.4 is 0 Å². The smallest absolute Gasteiger partial charge is 0.330 e. The van der Waals surface area contributed by atoms with E-state index in [0.29, 0.717) is 6.04 Å². The van der Waals surface area contributed by atoms with Gasteiger partial charge in [0.15, 0.2) is 0 Å². The fourth-order valence-corrected chi connectivity index (χ4v) is 2.74. The van der Waals surface area contributed by atoms with Crippen molar-refractivity contribution in [3.05, 3.63) is 11.6 Å². The van der Waals surface area contributed by atoms with Crippen LogP contribution >= 0.6 is 0 Å². The quantitative estimate of drug-likeness (QED) is 0.672. The molecule has 3 nitrogen and oxygen atoms in total. The lowest BCUT2D eigenvalue weighted by Gasteiger charge is -2.35. The number of likely N-dealkylation sites (tertiary alicyclic amines) is 1. The van der Waals surface area contributed by atoms with Crippen LogP contribution in [0.1, 0.15) is 39.0 Å². The maximum absolute atomic E-state index is 11.3. The largest absolute Gasteiger partial charge is 0.459 e. The zero-order chi connectivity index (χ0) is 11.5. The lowest BCUT2D eigenvalue weighted by atomic mass is 9.94.